The molecule has 29 heavy (non-hydrogen) atoms. The highest BCUT2D eigenvalue weighted by atomic mass is 32.2. The molecule has 0 aromatic heterocycles. The normalized spacial score (nSPS) is 16.1. The second-order valence-corrected chi connectivity index (χ2v) is 9.73. The van der Waals surface area contributed by atoms with Crippen molar-refractivity contribution < 1.29 is 13.2 Å². The van der Waals surface area contributed by atoms with Gasteiger partial charge < -0.3 is 5.32 Å². The predicted molar refractivity (Wildman–Crippen MR) is 117 cm³/mol. The van der Waals surface area contributed by atoms with Gasteiger partial charge in [-0.15, -0.1) is 0 Å². The molecule has 6 heteroatoms. The zero-order chi connectivity index (χ0) is 20.9. The van der Waals surface area contributed by atoms with Crippen molar-refractivity contribution in [2.24, 2.45) is 0 Å². The zero-order valence-corrected chi connectivity index (χ0v) is 18.0. The van der Waals surface area contributed by atoms with Gasteiger partial charge in [0.1, 0.15) is 6.04 Å². The van der Waals surface area contributed by atoms with Crippen molar-refractivity contribution in [2.75, 3.05) is 18.4 Å². The highest BCUT2D eigenvalue weighted by Gasteiger charge is 2.31. The van der Waals surface area contributed by atoms with Crippen molar-refractivity contribution in [3.63, 3.8) is 0 Å². The van der Waals surface area contributed by atoms with Crippen LogP contribution in [0.2, 0.25) is 0 Å². The van der Waals surface area contributed by atoms with Gasteiger partial charge >= 0.3 is 0 Å². The van der Waals surface area contributed by atoms with Crippen molar-refractivity contribution in [1.82, 2.24) is 4.90 Å². The topological polar surface area (TPSA) is 66.5 Å². The molecule has 2 aromatic rings. The maximum atomic E-state index is 13.2. The Balaban J connectivity index is 1.85. The van der Waals surface area contributed by atoms with Crippen LogP contribution in [0.5, 0.6) is 0 Å². The van der Waals surface area contributed by atoms with Gasteiger partial charge in [-0.2, -0.15) is 0 Å². The number of carbonyl (C=O) groups is 1. The van der Waals surface area contributed by atoms with E-state index in [9.17, 15) is 13.2 Å². The van der Waals surface area contributed by atoms with Crippen LogP contribution in [-0.2, 0) is 14.6 Å². The van der Waals surface area contributed by atoms with E-state index in [4.69, 9.17) is 0 Å². The average molecular weight is 415 g/mol. The first-order valence-electron chi connectivity index (χ1n) is 10.4. The smallest absolute Gasteiger partial charge is 0.246 e. The largest absolute Gasteiger partial charge is 0.324 e. The van der Waals surface area contributed by atoms with E-state index in [1.165, 1.54) is 0 Å². The molecule has 1 aliphatic carbocycles. The van der Waals surface area contributed by atoms with Crippen molar-refractivity contribution >= 4 is 21.4 Å². The van der Waals surface area contributed by atoms with Crippen LogP contribution in [-0.4, -0.2) is 37.6 Å². The number of likely N-dealkylation sites (N-methyl/N-ethyl adjacent to an activating group) is 1. The molecule has 1 atom stereocenters. The maximum Gasteiger partial charge on any atom is 0.246 e. The highest BCUT2D eigenvalue weighted by Crippen LogP contribution is 2.31. The third-order valence-electron chi connectivity index (χ3n) is 5.71. The molecule has 1 fully saturated rings. The molecule has 156 valence electrons. The average Bonchev–Trinajstić information content (AvgIpc) is 3.28. The van der Waals surface area contributed by atoms with E-state index in [1.54, 1.807) is 24.3 Å². The van der Waals surface area contributed by atoms with Crippen LogP contribution in [0.3, 0.4) is 0 Å². The van der Waals surface area contributed by atoms with Gasteiger partial charge in [0.2, 0.25) is 5.91 Å². The minimum atomic E-state index is -3.36. The number of sulfone groups is 1. The van der Waals surface area contributed by atoms with Crippen LogP contribution in [0.25, 0.3) is 0 Å². The molecule has 5 nitrogen and oxygen atoms in total. The van der Waals surface area contributed by atoms with E-state index in [2.05, 4.69) is 10.2 Å². The molecule has 1 saturated carbocycles. The summed E-state index contributed by atoms with van der Waals surface area (Å²) in [6, 6.07) is 15.9. The molecule has 0 heterocycles. The van der Waals surface area contributed by atoms with Crippen LogP contribution >= 0.6 is 0 Å². The third-order valence-corrected chi connectivity index (χ3v) is 7.97. The Labute approximate surface area is 174 Å². The molecule has 1 aliphatic rings. The Morgan fingerprint density at radius 3 is 2.31 bits per heavy atom. The molecular weight excluding hydrogens is 384 g/mol. The quantitative estimate of drug-likeness (QED) is 0.694. The highest BCUT2D eigenvalue weighted by molar-refractivity contribution is 7.92. The fourth-order valence-electron chi connectivity index (χ4n) is 4.10. The van der Waals surface area contributed by atoms with Gasteiger partial charge in [-0.25, -0.2) is 8.42 Å². The summed E-state index contributed by atoms with van der Waals surface area (Å²) in [5, 5.41) is 2.64. The molecule has 1 N–H and O–H groups in total. The van der Waals surface area contributed by atoms with Gasteiger partial charge in [0.25, 0.3) is 0 Å². The lowest BCUT2D eigenvalue weighted by molar-refractivity contribution is -0.121. The zero-order valence-electron chi connectivity index (χ0n) is 17.2. The first-order chi connectivity index (χ1) is 14.0. The Hall–Kier alpha value is -2.18. The van der Waals surface area contributed by atoms with E-state index in [1.807, 2.05) is 44.2 Å². The van der Waals surface area contributed by atoms with Crippen molar-refractivity contribution in [3.05, 3.63) is 60.2 Å². The number of hydrogen-bond acceptors (Lipinski definition) is 4. The molecule has 1 unspecified atom stereocenters. The lowest BCUT2D eigenvalue weighted by atomic mass is 10.0. The number of benzene rings is 2. The van der Waals surface area contributed by atoms with Crippen LogP contribution in [0.4, 0.5) is 5.69 Å². The Morgan fingerprint density at radius 2 is 1.69 bits per heavy atom. The van der Waals surface area contributed by atoms with Gasteiger partial charge in [-0.05, 0) is 49.7 Å². The second kappa shape index (κ2) is 9.55. The summed E-state index contributed by atoms with van der Waals surface area (Å²) < 4.78 is 25.8. The molecule has 1 amide bonds. The Morgan fingerprint density at radius 1 is 1.03 bits per heavy atom. The molecule has 0 bridgehead atoms. The first kappa shape index (κ1) is 21.5. The summed E-state index contributed by atoms with van der Waals surface area (Å²) >= 11 is 0. The number of nitrogens with one attached hydrogen (secondary N) is 1. The molecule has 0 spiro atoms. The fourth-order valence-corrected chi connectivity index (χ4v) is 6.00. The molecule has 2 aromatic carbocycles. The van der Waals surface area contributed by atoms with Gasteiger partial charge in [-0.3, -0.25) is 9.69 Å². The number of carbonyl (C=O) groups excluding carboxylic acids is 1. The molecule has 0 aliphatic heterocycles. The van der Waals surface area contributed by atoms with Crippen molar-refractivity contribution in [1.29, 1.82) is 0 Å². The van der Waals surface area contributed by atoms with E-state index in [0.29, 0.717) is 10.6 Å². The molecular formula is C23H30N2O3S. The van der Waals surface area contributed by atoms with E-state index >= 15 is 0 Å². The summed E-state index contributed by atoms with van der Waals surface area (Å²) in [4.78, 5) is 15.6. The minimum Gasteiger partial charge on any atom is -0.324 e. The Kier molecular flexibility index (Phi) is 7.09. The summed E-state index contributed by atoms with van der Waals surface area (Å²) in [7, 11) is -3.36. The van der Waals surface area contributed by atoms with E-state index < -0.39 is 15.9 Å². The number of hydrogen-bond donors (Lipinski definition) is 1. The summed E-state index contributed by atoms with van der Waals surface area (Å²) in [5.41, 5.74) is 1.44. The number of rotatable bonds is 8. The van der Waals surface area contributed by atoms with Gasteiger partial charge in [0.05, 0.1) is 10.1 Å². The van der Waals surface area contributed by atoms with Gasteiger partial charge in [-0.1, -0.05) is 63.1 Å². The number of amides is 1. The first-order valence-corrected chi connectivity index (χ1v) is 12.0. The standard InChI is InChI=1S/C23H30N2O3S/c1-3-25(4-2)22(18-11-6-5-7-12-18)23(26)24-19-13-10-16-21(17-19)29(27,28)20-14-8-9-15-20/h5-7,10-13,16-17,20,22H,3-4,8-9,14-15H2,1-2H3,(H,24,26). The third kappa shape index (κ3) is 4.87. The fraction of sp³-hybridized carbons (Fsp3) is 0.435. The van der Waals surface area contributed by atoms with E-state index in [-0.39, 0.29) is 11.2 Å². The van der Waals surface area contributed by atoms with Crippen LogP contribution < -0.4 is 5.32 Å². The van der Waals surface area contributed by atoms with Crippen molar-refractivity contribution in [2.45, 2.75) is 55.7 Å². The molecule has 0 radical (unpaired) electrons. The monoisotopic (exact) mass is 414 g/mol. The lowest BCUT2D eigenvalue weighted by Crippen LogP contribution is -2.37. The van der Waals surface area contributed by atoms with Gasteiger partial charge in [0, 0.05) is 5.69 Å². The number of anilines is 1. The Bertz CT molecular complexity index is 918. The van der Waals surface area contributed by atoms with Gasteiger partial charge in [0.15, 0.2) is 9.84 Å². The molecule has 3 rings (SSSR count). The van der Waals surface area contributed by atoms with Crippen LogP contribution in [0.15, 0.2) is 59.5 Å². The number of nitrogens with zero attached hydrogens (tertiary/aromatic N) is 1. The minimum absolute atomic E-state index is 0.157. The predicted octanol–water partition coefficient (Wildman–Crippen LogP) is 4.42. The molecule has 0 saturated heterocycles. The van der Waals surface area contributed by atoms with E-state index in [0.717, 1.165) is 44.3 Å². The van der Waals surface area contributed by atoms with Crippen molar-refractivity contribution in [3.8, 4) is 0 Å². The van der Waals surface area contributed by atoms with Crippen LogP contribution in [0.1, 0.15) is 51.1 Å². The summed E-state index contributed by atoms with van der Waals surface area (Å²) in [5.74, 6) is -0.157. The lowest BCUT2D eigenvalue weighted by Gasteiger charge is -2.29. The maximum absolute atomic E-state index is 13.2. The summed E-state index contributed by atoms with van der Waals surface area (Å²) in [6.07, 6.45) is 3.36. The SMILES string of the molecule is CCN(CC)C(C(=O)Nc1cccc(S(=O)(=O)C2CCCC2)c1)c1ccccc1. The van der Waals surface area contributed by atoms with Crippen LogP contribution in [0, 0.1) is 0 Å². The second-order valence-electron chi connectivity index (χ2n) is 7.50. The summed E-state index contributed by atoms with van der Waals surface area (Å²) in [6.45, 7) is 5.53.